The highest BCUT2D eigenvalue weighted by molar-refractivity contribution is 6.59. The topological polar surface area (TPSA) is 83.6 Å². The van der Waals surface area contributed by atoms with Gasteiger partial charge < -0.3 is 15.8 Å². The van der Waals surface area contributed by atoms with Gasteiger partial charge in [0.2, 0.25) is 0 Å². The molecule has 0 radical (unpaired) electrons. The van der Waals surface area contributed by atoms with Crippen molar-refractivity contribution < 1.29 is 14.8 Å². The molecule has 1 aromatic rings. The van der Waals surface area contributed by atoms with Gasteiger partial charge in [0.15, 0.2) is 0 Å². The van der Waals surface area contributed by atoms with Gasteiger partial charge in [-0.25, -0.2) is 0 Å². The number of rotatable bonds is 2. The van der Waals surface area contributed by atoms with Gasteiger partial charge in [0, 0.05) is 11.3 Å². The van der Waals surface area contributed by atoms with E-state index in [9.17, 15) is 4.79 Å². The lowest BCUT2D eigenvalue weighted by Crippen LogP contribution is -2.33. The molecule has 5 heteroatoms. The SMILES string of the molecule is Cc1c(N)cc(C=O)cc1B(O)O. The lowest BCUT2D eigenvalue weighted by atomic mass is 9.76. The molecule has 0 spiro atoms. The van der Waals surface area contributed by atoms with Gasteiger partial charge in [-0.3, -0.25) is 4.79 Å². The molecule has 13 heavy (non-hydrogen) atoms. The number of benzene rings is 1. The quantitative estimate of drug-likeness (QED) is 0.311. The predicted octanol–water partition coefficient (Wildman–Crippen LogP) is -0.930. The van der Waals surface area contributed by atoms with Crippen LogP contribution in [0.1, 0.15) is 15.9 Å². The van der Waals surface area contributed by atoms with Crippen molar-refractivity contribution >= 4 is 24.6 Å². The Kier molecular flexibility index (Phi) is 2.70. The third kappa shape index (κ3) is 1.88. The predicted molar refractivity (Wildman–Crippen MR) is 50.8 cm³/mol. The molecule has 0 aromatic heterocycles. The highest BCUT2D eigenvalue weighted by atomic mass is 16.4. The van der Waals surface area contributed by atoms with E-state index in [4.69, 9.17) is 15.8 Å². The van der Waals surface area contributed by atoms with Crippen LogP contribution in [0.25, 0.3) is 0 Å². The number of aldehydes is 1. The van der Waals surface area contributed by atoms with E-state index < -0.39 is 7.12 Å². The first-order valence-electron chi connectivity index (χ1n) is 3.77. The van der Waals surface area contributed by atoms with Crippen molar-refractivity contribution in [2.24, 2.45) is 0 Å². The average molecular weight is 179 g/mol. The van der Waals surface area contributed by atoms with Crippen molar-refractivity contribution in [1.82, 2.24) is 0 Å². The zero-order valence-electron chi connectivity index (χ0n) is 7.19. The monoisotopic (exact) mass is 179 g/mol. The summed E-state index contributed by atoms with van der Waals surface area (Å²) < 4.78 is 0. The van der Waals surface area contributed by atoms with E-state index in [0.717, 1.165) is 0 Å². The maximum Gasteiger partial charge on any atom is 0.488 e. The Balaban J connectivity index is 3.32. The summed E-state index contributed by atoms with van der Waals surface area (Å²) in [6, 6.07) is 2.90. The second kappa shape index (κ2) is 3.59. The van der Waals surface area contributed by atoms with E-state index in [-0.39, 0.29) is 5.46 Å². The van der Waals surface area contributed by atoms with Gasteiger partial charge in [0.05, 0.1) is 0 Å². The molecule has 0 aliphatic heterocycles. The van der Waals surface area contributed by atoms with Crippen LogP contribution in [0.2, 0.25) is 0 Å². The lowest BCUT2D eigenvalue weighted by Gasteiger charge is -2.08. The van der Waals surface area contributed by atoms with E-state index in [1.165, 1.54) is 12.1 Å². The first-order chi connectivity index (χ1) is 6.06. The summed E-state index contributed by atoms with van der Waals surface area (Å²) in [5, 5.41) is 17.9. The number of carbonyl (C=O) groups is 1. The zero-order chi connectivity index (χ0) is 10.0. The van der Waals surface area contributed by atoms with Crippen molar-refractivity contribution in [3.8, 4) is 0 Å². The van der Waals surface area contributed by atoms with Crippen molar-refractivity contribution in [1.29, 1.82) is 0 Å². The van der Waals surface area contributed by atoms with Crippen LogP contribution >= 0.6 is 0 Å². The van der Waals surface area contributed by atoms with E-state index in [1.807, 2.05) is 0 Å². The van der Waals surface area contributed by atoms with Crippen molar-refractivity contribution in [2.45, 2.75) is 6.92 Å². The van der Waals surface area contributed by atoms with Gasteiger partial charge in [0.25, 0.3) is 0 Å². The fraction of sp³-hybridized carbons (Fsp3) is 0.125. The fourth-order valence-electron chi connectivity index (χ4n) is 1.12. The van der Waals surface area contributed by atoms with Gasteiger partial charge in [-0.05, 0) is 24.0 Å². The highest BCUT2D eigenvalue weighted by Gasteiger charge is 2.16. The standard InChI is InChI=1S/C8H10BNO3/c1-5-7(9(12)13)2-6(4-11)3-8(5)10/h2-4,12-13H,10H2,1H3. The Morgan fingerprint density at radius 3 is 2.54 bits per heavy atom. The summed E-state index contributed by atoms with van der Waals surface area (Å²) in [6.07, 6.45) is 0.613. The van der Waals surface area contributed by atoms with Crippen LogP contribution in [-0.2, 0) is 0 Å². The number of nitrogen functional groups attached to an aromatic ring is 1. The van der Waals surface area contributed by atoms with Crippen LogP contribution in [0.5, 0.6) is 0 Å². The number of nitrogens with two attached hydrogens (primary N) is 1. The molecule has 4 nitrogen and oxygen atoms in total. The second-order valence-electron chi connectivity index (χ2n) is 2.82. The first kappa shape index (κ1) is 9.76. The Labute approximate surface area is 76.1 Å². The molecule has 0 atom stereocenters. The number of hydrogen-bond acceptors (Lipinski definition) is 4. The van der Waals surface area contributed by atoms with Gasteiger partial charge in [0.1, 0.15) is 6.29 Å². The molecule has 0 amide bonds. The number of hydrogen-bond donors (Lipinski definition) is 3. The summed E-state index contributed by atoms with van der Waals surface area (Å²) in [6.45, 7) is 1.67. The summed E-state index contributed by atoms with van der Waals surface area (Å²) >= 11 is 0. The molecule has 0 heterocycles. The molecule has 0 fully saturated rings. The molecule has 0 saturated heterocycles. The summed E-state index contributed by atoms with van der Waals surface area (Å²) in [5.41, 5.74) is 7.12. The van der Waals surface area contributed by atoms with E-state index >= 15 is 0 Å². The van der Waals surface area contributed by atoms with Crippen LogP contribution in [0, 0.1) is 6.92 Å². The minimum atomic E-state index is -1.60. The van der Waals surface area contributed by atoms with Gasteiger partial charge in [-0.1, -0.05) is 6.07 Å². The minimum Gasteiger partial charge on any atom is -0.423 e. The third-order valence-electron chi connectivity index (χ3n) is 1.92. The second-order valence-corrected chi connectivity index (χ2v) is 2.82. The molecule has 1 aromatic carbocycles. The van der Waals surface area contributed by atoms with Gasteiger partial charge >= 0.3 is 7.12 Å². The minimum absolute atomic E-state index is 0.266. The Morgan fingerprint density at radius 1 is 1.46 bits per heavy atom. The first-order valence-corrected chi connectivity index (χ1v) is 3.77. The van der Waals surface area contributed by atoms with Crippen LogP contribution in [0.3, 0.4) is 0 Å². The fourth-order valence-corrected chi connectivity index (χ4v) is 1.12. The Bertz CT molecular complexity index is 338. The van der Waals surface area contributed by atoms with Crippen LogP contribution in [-0.4, -0.2) is 23.5 Å². The number of anilines is 1. The summed E-state index contributed by atoms with van der Waals surface area (Å²) in [4.78, 5) is 10.4. The molecule has 68 valence electrons. The van der Waals surface area contributed by atoms with Crippen LogP contribution in [0.4, 0.5) is 5.69 Å². The smallest absolute Gasteiger partial charge is 0.423 e. The maximum atomic E-state index is 10.4. The Morgan fingerprint density at radius 2 is 2.08 bits per heavy atom. The van der Waals surface area contributed by atoms with E-state index in [1.54, 1.807) is 6.92 Å². The normalized spacial score (nSPS) is 9.77. The van der Waals surface area contributed by atoms with Gasteiger partial charge in [-0.15, -0.1) is 0 Å². The molecule has 0 aliphatic carbocycles. The molecule has 1 rings (SSSR count). The Hall–Kier alpha value is -1.33. The molecule has 0 unspecified atom stereocenters. The summed E-state index contributed by atoms with van der Waals surface area (Å²) in [5.74, 6) is 0. The van der Waals surface area contributed by atoms with E-state index in [2.05, 4.69) is 0 Å². The zero-order valence-corrected chi connectivity index (χ0v) is 7.19. The molecular formula is C8H10BNO3. The van der Waals surface area contributed by atoms with Crippen molar-refractivity contribution in [3.63, 3.8) is 0 Å². The van der Waals surface area contributed by atoms with Crippen molar-refractivity contribution in [3.05, 3.63) is 23.3 Å². The maximum absolute atomic E-state index is 10.4. The molecule has 0 bridgehead atoms. The number of carbonyl (C=O) groups excluding carboxylic acids is 1. The molecule has 4 N–H and O–H groups in total. The molecule has 0 saturated carbocycles. The lowest BCUT2D eigenvalue weighted by molar-refractivity contribution is 0.112. The third-order valence-corrected chi connectivity index (χ3v) is 1.92. The summed E-state index contributed by atoms with van der Waals surface area (Å²) in [7, 11) is -1.60. The van der Waals surface area contributed by atoms with E-state index in [0.29, 0.717) is 23.1 Å². The highest BCUT2D eigenvalue weighted by Crippen LogP contribution is 2.09. The van der Waals surface area contributed by atoms with Gasteiger partial charge in [-0.2, -0.15) is 0 Å². The molecular weight excluding hydrogens is 169 g/mol. The molecule has 0 aliphatic rings. The van der Waals surface area contributed by atoms with Crippen LogP contribution < -0.4 is 11.2 Å². The average Bonchev–Trinajstić information content (AvgIpc) is 2.09. The largest absolute Gasteiger partial charge is 0.488 e. The van der Waals surface area contributed by atoms with Crippen molar-refractivity contribution in [2.75, 3.05) is 5.73 Å². The van der Waals surface area contributed by atoms with Crippen LogP contribution in [0.15, 0.2) is 12.1 Å².